The van der Waals surface area contributed by atoms with Crippen LogP contribution in [0.5, 0.6) is 0 Å². The van der Waals surface area contributed by atoms with Crippen LogP contribution in [0.15, 0.2) is 53.4 Å². The van der Waals surface area contributed by atoms with Crippen molar-refractivity contribution in [1.82, 2.24) is 9.47 Å². The van der Waals surface area contributed by atoms with Gasteiger partial charge in [-0.05, 0) is 43.3 Å². The van der Waals surface area contributed by atoms with Gasteiger partial charge in [0.1, 0.15) is 0 Å². The van der Waals surface area contributed by atoms with E-state index in [1.807, 2.05) is 31.2 Å². The van der Waals surface area contributed by atoms with Crippen LogP contribution < -0.4 is 0 Å². The van der Waals surface area contributed by atoms with Crippen LogP contribution in [0, 0.1) is 17.0 Å². The molecule has 0 unspecified atom stereocenters. The number of nitrogens with zero attached hydrogens (tertiary/aromatic N) is 3. The topological polar surface area (TPSA) is 85.4 Å². The van der Waals surface area contributed by atoms with Crippen molar-refractivity contribution in [2.45, 2.75) is 20.4 Å². The van der Waals surface area contributed by atoms with Gasteiger partial charge in [-0.15, -0.1) is 0 Å². The number of aromatic nitrogens is 1. The number of rotatable bonds is 5. The van der Waals surface area contributed by atoms with Crippen LogP contribution in [-0.4, -0.2) is 32.1 Å². The minimum Gasteiger partial charge on any atom is -0.340 e. The van der Waals surface area contributed by atoms with Gasteiger partial charge in [0.15, 0.2) is 0 Å². The van der Waals surface area contributed by atoms with Gasteiger partial charge in [0.2, 0.25) is 0 Å². The van der Waals surface area contributed by atoms with Gasteiger partial charge in [-0.25, -0.2) is 0 Å². The summed E-state index contributed by atoms with van der Waals surface area (Å²) in [4.78, 5) is 36.7. The van der Waals surface area contributed by atoms with Gasteiger partial charge in [-0.3, -0.25) is 24.6 Å². The summed E-state index contributed by atoms with van der Waals surface area (Å²) in [5.74, 6) is -0.265. The van der Waals surface area contributed by atoms with E-state index >= 15 is 0 Å². The number of thioether (sulfide) groups is 1. The molecule has 0 spiro atoms. The molecule has 4 rings (SSSR count). The van der Waals surface area contributed by atoms with E-state index in [0.29, 0.717) is 18.0 Å². The molecule has 3 aromatic rings. The Kier molecular flexibility index (Phi) is 5.17. The van der Waals surface area contributed by atoms with Crippen LogP contribution in [0.25, 0.3) is 17.0 Å². The summed E-state index contributed by atoms with van der Waals surface area (Å²) in [6.07, 6.45) is 1.80. The minimum absolute atomic E-state index is 0.0557. The third-order valence-corrected chi connectivity index (χ3v) is 6.14. The molecule has 0 aliphatic carbocycles. The van der Waals surface area contributed by atoms with Crippen molar-refractivity contribution in [2.75, 3.05) is 6.54 Å². The highest BCUT2D eigenvalue weighted by atomic mass is 32.2. The maximum atomic E-state index is 12.5. The first-order chi connectivity index (χ1) is 14.4. The normalized spacial score (nSPS) is 15.5. The first-order valence-electron chi connectivity index (χ1n) is 9.47. The lowest BCUT2D eigenvalue weighted by molar-refractivity contribution is -0.384. The highest BCUT2D eigenvalue weighted by molar-refractivity contribution is 8.18. The maximum absolute atomic E-state index is 12.5. The fourth-order valence-electron chi connectivity index (χ4n) is 3.65. The summed E-state index contributed by atoms with van der Waals surface area (Å²) >= 11 is 0.961. The molecule has 152 valence electrons. The molecular formula is C22H19N3O4S. The molecule has 7 nitrogen and oxygen atoms in total. The van der Waals surface area contributed by atoms with E-state index in [0.717, 1.165) is 39.5 Å². The molecule has 0 saturated carbocycles. The summed E-state index contributed by atoms with van der Waals surface area (Å²) in [6, 6.07) is 14.4. The first-order valence-corrected chi connectivity index (χ1v) is 10.3. The van der Waals surface area contributed by atoms with Crippen LogP contribution in [0.3, 0.4) is 0 Å². The summed E-state index contributed by atoms with van der Waals surface area (Å²) in [5, 5.41) is 11.6. The van der Waals surface area contributed by atoms with E-state index in [4.69, 9.17) is 0 Å². The highest BCUT2D eigenvalue weighted by Gasteiger charge is 2.34. The molecule has 1 saturated heterocycles. The van der Waals surface area contributed by atoms with Gasteiger partial charge < -0.3 is 4.57 Å². The number of nitro benzene ring substituents is 1. The van der Waals surface area contributed by atoms with Crippen molar-refractivity contribution >= 4 is 45.6 Å². The van der Waals surface area contributed by atoms with Crippen molar-refractivity contribution < 1.29 is 14.5 Å². The standard InChI is InChI=1S/C22H19N3O4S/c1-3-23-21(26)20(30-22(23)27)12-18-14(2)24(19-7-5-4-6-17(18)19)13-15-8-10-16(11-9-15)25(28)29/h4-12H,3,13H2,1-2H3/b20-12+. The van der Waals surface area contributed by atoms with E-state index < -0.39 is 4.92 Å². The van der Waals surface area contributed by atoms with Crippen molar-refractivity contribution in [2.24, 2.45) is 0 Å². The van der Waals surface area contributed by atoms with E-state index in [-0.39, 0.29) is 16.8 Å². The third-order valence-electron chi connectivity index (χ3n) is 5.23. The molecule has 8 heteroatoms. The second-order valence-corrected chi connectivity index (χ2v) is 7.95. The Hall–Kier alpha value is -3.39. The van der Waals surface area contributed by atoms with Crippen LogP contribution in [0.4, 0.5) is 10.5 Å². The van der Waals surface area contributed by atoms with Crippen molar-refractivity contribution in [3.05, 3.63) is 80.4 Å². The Morgan fingerprint density at radius 3 is 2.43 bits per heavy atom. The Bertz CT molecular complexity index is 1210. The van der Waals surface area contributed by atoms with E-state index in [2.05, 4.69) is 4.57 Å². The number of carbonyl (C=O) groups is 2. The second kappa shape index (κ2) is 7.79. The molecule has 0 atom stereocenters. The van der Waals surface area contributed by atoms with Gasteiger partial charge in [0.25, 0.3) is 16.8 Å². The number of likely N-dealkylation sites (N-methyl/N-ethyl adjacent to an activating group) is 1. The maximum Gasteiger partial charge on any atom is 0.293 e. The molecular weight excluding hydrogens is 402 g/mol. The largest absolute Gasteiger partial charge is 0.340 e. The monoisotopic (exact) mass is 421 g/mol. The Morgan fingerprint density at radius 2 is 1.80 bits per heavy atom. The third kappa shape index (κ3) is 3.39. The van der Waals surface area contributed by atoms with Gasteiger partial charge in [0.05, 0.1) is 9.83 Å². The summed E-state index contributed by atoms with van der Waals surface area (Å²) < 4.78 is 2.12. The molecule has 1 aliphatic heterocycles. The quantitative estimate of drug-likeness (QED) is 0.330. The molecule has 2 amide bonds. The first kappa shape index (κ1) is 19.9. The number of nitro groups is 1. The lowest BCUT2D eigenvalue weighted by Crippen LogP contribution is -2.27. The second-order valence-electron chi connectivity index (χ2n) is 6.95. The number of benzene rings is 2. The fraction of sp³-hybridized carbons (Fsp3) is 0.182. The van der Waals surface area contributed by atoms with Gasteiger partial charge >= 0.3 is 0 Å². The predicted octanol–water partition coefficient (Wildman–Crippen LogP) is 4.96. The number of amides is 2. The SMILES string of the molecule is CCN1C(=O)S/C(=C/c2c(C)n(Cc3ccc([N+](=O)[O-])cc3)c3ccccc23)C1=O. The molecule has 30 heavy (non-hydrogen) atoms. The van der Waals surface area contributed by atoms with Gasteiger partial charge in [0, 0.05) is 47.4 Å². The highest BCUT2D eigenvalue weighted by Crippen LogP contribution is 2.35. The number of hydrogen-bond donors (Lipinski definition) is 0. The molecule has 2 aromatic carbocycles. The zero-order chi connectivity index (χ0) is 21.4. The minimum atomic E-state index is -0.415. The Labute approximate surface area is 177 Å². The molecule has 0 bridgehead atoms. The van der Waals surface area contributed by atoms with Gasteiger partial charge in [-0.2, -0.15) is 0 Å². The number of carbonyl (C=O) groups excluding carboxylic acids is 2. The smallest absolute Gasteiger partial charge is 0.293 e. The number of para-hydroxylation sites is 1. The summed E-state index contributed by atoms with van der Waals surface area (Å²) in [6.45, 7) is 4.64. The van der Waals surface area contributed by atoms with Crippen molar-refractivity contribution in [3.8, 4) is 0 Å². The molecule has 0 N–H and O–H groups in total. The Balaban J connectivity index is 1.77. The van der Waals surface area contributed by atoms with Crippen LogP contribution in [0.2, 0.25) is 0 Å². The molecule has 1 fully saturated rings. The number of hydrogen-bond acceptors (Lipinski definition) is 5. The van der Waals surface area contributed by atoms with Crippen LogP contribution in [0.1, 0.15) is 23.7 Å². The van der Waals surface area contributed by atoms with E-state index in [9.17, 15) is 19.7 Å². The van der Waals surface area contributed by atoms with Crippen LogP contribution in [-0.2, 0) is 11.3 Å². The van der Waals surface area contributed by atoms with Crippen molar-refractivity contribution in [3.63, 3.8) is 0 Å². The molecule has 0 radical (unpaired) electrons. The number of imide groups is 1. The average molecular weight is 421 g/mol. The average Bonchev–Trinajstić information content (AvgIpc) is 3.16. The fourth-order valence-corrected chi connectivity index (χ4v) is 4.54. The Morgan fingerprint density at radius 1 is 1.10 bits per heavy atom. The number of non-ortho nitro benzene ring substituents is 1. The lowest BCUT2D eigenvalue weighted by atomic mass is 10.1. The molecule has 2 heterocycles. The van der Waals surface area contributed by atoms with E-state index in [1.165, 1.54) is 17.0 Å². The van der Waals surface area contributed by atoms with Gasteiger partial charge in [-0.1, -0.05) is 30.3 Å². The predicted molar refractivity (Wildman–Crippen MR) is 117 cm³/mol. The zero-order valence-corrected chi connectivity index (χ0v) is 17.3. The number of fused-ring (bicyclic) bond motifs is 1. The molecule has 1 aromatic heterocycles. The van der Waals surface area contributed by atoms with Crippen LogP contribution >= 0.6 is 11.8 Å². The van der Waals surface area contributed by atoms with Crippen molar-refractivity contribution in [1.29, 1.82) is 0 Å². The summed E-state index contributed by atoms with van der Waals surface area (Å²) in [5.41, 5.74) is 3.84. The molecule has 1 aliphatic rings. The zero-order valence-electron chi connectivity index (χ0n) is 16.5. The van der Waals surface area contributed by atoms with E-state index in [1.54, 1.807) is 25.1 Å². The summed E-state index contributed by atoms with van der Waals surface area (Å²) in [7, 11) is 0. The lowest BCUT2D eigenvalue weighted by Gasteiger charge is -2.09.